The van der Waals surface area contributed by atoms with E-state index < -0.39 is 10.9 Å². The Morgan fingerprint density at radius 3 is 1.25 bits per heavy atom. The highest BCUT2D eigenvalue weighted by Gasteiger charge is 2.21. The van der Waals surface area contributed by atoms with Gasteiger partial charge in [0, 0.05) is 0 Å². The fourth-order valence-corrected chi connectivity index (χ4v) is 1.76. The zero-order valence-electron chi connectivity index (χ0n) is 13.5. The van der Waals surface area contributed by atoms with E-state index in [1.807, 2.05) is 0 Å². The molecule has 6 nitrogen and oxygen atoms in total. The molecule has 1 aromatic rings. The molecule has 0 saturated heterocycles. The standard InChI is InChI=1S/C14H26N4O2/c1-17(2,3)9-7-15-11-12(14(20)13(11)19)16-8-10-18(4,5)6/h7-10H2,1-6H3/p+2. The fraction of sp³-hybridized carbons (Fsp3) is 0.714. The molecule has 0 heterocycles. The molecule has 0 radical (unpaired) electrons. The van der Waals surface area contributed by atoms with Crippen molar-refractivity contribution in [3.8, 4) is 0 Å². The number of anilines is 2. The molecule has 114 valence electrons. The Kier molecular flexibility index (Phi) is 4.94. The smallest absolute Gasteiger partial charge is 0.253 e. The molecule has 1 aromatic carbocycles. The monoisotopic (exact) mass is 284 g/mol. The van der Waals surface area contributed by atoms with Crippen molar-refractivity contribution in [2.75, 3.05) is 79.1 Å². The Morgan fingerprint density at radius 1 is 0.700 bits per heavy atom. The molecule has 0 unspecified atom stereocenters. The summed E-state index contributed by atoms with van der Waals surface area (Å²) in [6, 6.07) is 0. The van der Waals surface area contributed by atoms with Gasteiger partial charge in [-0.1, -0.05) is 0 Å². The van der Waals surface area contributed by atoms with Crippen LogP contribution >= 0.6 is 0 Å². The van der Waals surface area contributed by atoms with Gasteiger partial charge >= 0.3 is 0 Å². The number of nitrogens with one attached hydrogen (secondary N) is 2. The van der Waals surface area contributed by atoms with E-state index >= 15 is 0 Å². The minimum Gasteiger partial charge on any atom is -0.374 e. The van der Waals surface area contributed by atoms with Gasteiger partial charge in [-0.05, 0) is 0 Å². The average molecular weight is 284 g/mol. The molecule has 0 atom stereocenters. The van der Waals surface area contributed by atoms with Gasteiger partial charge in [-0.15, -0.1) is 0 Å². The molecule has 0 aromatic heterocycles. The molecular weight excluding hydrogens is 256 g/mol. The van der Waals surface area contributed by atoms with Crippen LogP contribution in [-0.4, -0.2) is 77.4 Å². The van der Waals surface area contributed by atoms with Gasteiger partial charge in [-0.2, -0.15) is 0 Å². The topological polar surface area (TPSA) is 58.2 Å². The number of hydrogen-bond donors (Lipinski definition) is 2. The lowest BCUT2D eigenvalue weighted by Gasteiger charge is -2.25. The zero-order chi connectivity index (χ0) is 15.6. The van der Waals surface area contributed by atoms with Crippen LogP contribution in [0.15, 0.2) is 9.59 Å². The summed E-state index contributed by atoms with van der Waals surface area (Å²) in [6.07, 6.45) is 0. The molecule has 0 aliphatic carbocycles. The Morgan fingerprint density at radius 2 is 1.00 bits per heavy atom. The van der Waals surface area contributed by atoms with Crippen LogP contribution in [0.4, 0.5) is 11.4 Å². The van der Waals surface area contributed by atoms with Crippen molar-refractivity contribution in [3.63, 3.8) is 0 Å². The molecular formula is C14H28N4O2+2. The fourth-order valence-electron chi connectivity index (χ4n) is 1.76. The van der Waals surface area contributed by atoms with Gasteiger partial charge in [-0.3, -0.25) is 9.59 Å². The summed E-state index contributed by atoms with van der Waals surface area (Å²) in [5, 5.41) is 6.16. The Balaban J connectivity index is 2.55. The highest BCUT2D eigenvalue weighted by molar-refractivity contribution is 5.73. The number of rotatable bonds is 8. The zero-order valence-corrected chi connectivity index (χ0v) is 13.5. The predicted octanol–water partition coefficient (Wildman–Crippen LogP) is -0.481. The Hall–Kier alpha value is -1.40. The van der Waals surface area contributed by atoms with Crippen LogP contribution in [0, 0.1) is 0 Å². The average Bonchev–Trinajstić information content (AvgIpc) is 2.28. The van der Waals surface area contributed by atoms with E-state index in [0.717, 1.165) is 22.1 Å². The van der Waals surface area contributed by atoms with Gasteiger partial charge in [0.15, 0.2) is 0 Å². The maximum Gasteiger partial charge on any atom is 0.253 e. The van der Waals surface area contributed by atoms with Crippen LogP contribution in [0.5, 0.6) is 0 Å². The molecule has 0 bridgehead atoms. The Labute approximate surface area is 120 Å². The molecule has 1 rings (SSSR count). The van der Waals surface area contributed by atoms with Gasteiger partial charge in [0.1, 0.15) is 11.4 Å². The minimum absolute atomic E-state index is 0.404. The maximum atomic E-state index is 11.6. The third-order valence-corrected chi connectivity index (χ3v) is 3.08. The number of nitrogens with zero attached hydrogens (tertiary/aromatic N) is 2. The summed E-state index contributed by atoms with van der Waals surface area (Å²) in [7, 11) is 12.5. The minimum atomic E-state index is -0.404. The van der Waals surface area contributed by atoms with Crippen LogP contribution < -0.4 is 21.5 Å². The van der Waals surface area contributed by atoms with Crippen molar-refractivity contribution >= 4 is 11.4 Å². The van der Waals surface area contributed by atoms with E-state index in [0.29, 0.717) is 24.5 Å². The molecule has 6 heteroatoms. The second-order valence-electron chi connectivity index (χ2n) is 7.29. The summed E-state index contributed by atoms with van der Waals surface area (Å²) in [6.45, 7) is 3.13. The van der Waals surface area contributed by atoms with Crippen molar-refractivity contribution < 1.29 is 8.97 Å². The largest absolute Gasteiger partial charge is 0.374 e. The van der Waals surface area contributed by atoms with Gasteiger partial charge in [-0.25, -0.2) is 0 Å². The lowest BCUT2D eigenvalue weighted by Crippen LogP contribution is -2.43. The summed E-state index contributed by atoms with van der Waals surface area (Å²) in [4.78, 5) is 23.1. The van der Waals surface area contributed by atoms with Crippen LogP contribution in [0.3, 0.4) is 0 Å². The van der Waals surface area contributed by atoms with E-state index in [1.54, 1.807) is 0 Å². The first-order valence-electron chi connectivity index (χ1n) is 6.93. The number of likely N-dealkylation sites (N-methyl/N-ethyl adjacent to an activating group) is 2. The first-order valence-corrected chi connectivity index (χ1v) is 6.93. The van der Waals surface area contributed by atoms with Crippen LogP contribution in [0.25, 0.3) is 0 Å². The molecule has 0 aliphatic rings. The summed E-state index contributed by atoms with van der Waals surface area (Å²) in [5.41, 5.74) is 0.0908. The summed E-state index contributed by atoms with van der Waals surface area (Å²) in [5.74, 6) is 0. The van der Waals surface area contributed by atoms with E-state index in [2.05, 4.69) is 52.9 Å². The summed E-state index contributed by atoms with van der Waals surface area (Å²) >= 11 is 0. The van der Waals surface area contributed by atoms with Crippen molar-refractivity contribution in [3.05, 3.63) is 20.4 Å². The molecule has 0 fully saturated rings. The van der Waals surface area contributed by atoms with E-state index in [1.165, 1.54) is 0 Å². The van der Waals surface area contributed by atoms with Crippen molar-refractivity contribution in [1.82, 2.24) is 0 Å². The molecule has 0 amide bonds. The van der Waals surface area contributed by atoms with Crippen molar-refractivity contribution in [2.45, 2.75) is 0 Å². The molecule has 0 aliphatic heterocycles. The molecule has 0 saturated carbocycles. The Bertz CT molecular complexity index is 469. The van der Waals surface area contributed by atoms with Gasteiger partial charge in [0.25, 0.3) is 10.9 Å². The highest BCUT2D eigenvalue weighted by atomic mass is 16.2. The lowest BCUT2D eigenvalue weighted by atomic mass is 10.2. The van der Waals surface area contributed by atoms with E-state index in [9.17, 15) is 9.59 Å². The molecule has 0 spiro atoms. The lowest BCUT2D eigenvalue weighted by molar-refractivity contribution is -0.868. The van der Waals surface area contributed by atoms with Gasteiger partial charge in [0.2, 0.25) is 0 Å². The van der Waals surface area contributed by atoms with E-state index in [4.69, 9.17) is 0 Å². The van der Waals surface area contributed by atoms with Crippen molar-refractivity contribution in [1.29, 1.82) is 0 Å². The van der Waals surface area contributed by atoms with Crippen LogP contribution in [0.1, 0.15) is 0 Å². The number of hydrogen-bond acceptors (Lipinski definition) is 4. The van der Waals surface area contributed by atoms with Crippen molar-refractivity contribution in [2.24, 2.45) is 0 Å². The first kappa shape index (κ1) is 16.7. The normalized spacial score (nSPS) is 12.7. The first-order chi connectivity index (χ1) is 9.01. The van der Waals surface area contributed by atoms with E-state index in [-0.39, 0.29) is 0 Å². The number of quaternary nitrogens is 2. The van der Waals surface area contributed by atoms with Crippen LogP contribution in [0.2, 0.25) is 0 Å². The maximum absolute atomic E-state index is 11.6. The van der Waals surface area contributed by atoms with Gasteiger partial charge < -0.3 is 19.6 Å². The van der Waals surface area contributed by atoms with Crippen LogP contribution in [-0.2, 0) is 0 Å². The van der Waals surface area contributed by atoms with Gasteiger partial charge in [0.05, 0.1) is 68.5 Å². The second-order valence-corrected chi connectivity index (χ2v) is 7.29. The summed E-state index contributed by atoms with van der Waals surface area (Å²) < 4.78 is 1.62. The third-order valence-electron chi connectivity index (χ3n) is 3.08. The quantitative estimate of drug-likeness (QED) is 0.500. The second kappa shape index (κ2) is 5.93. The predicted molar refractivity (Wildman–Crippen MR) is 84.1 cm³/mol. The molecule has 2 N–H and O–H groups in total. The highest BCUT2D eigenvalue weighted by Crippen LogP contribution is 2.13. The third kappa shape index (κ3) is 4.94. The molecule has 20 heavy (non-hydrogen) atoms. The SMILES string of the molecule is C[N+](C)(C)CCNc1c(NCC[N+](C)(C)C)c(=O)c1=O.